The van der Waals surface area contributed by atoms with Gasteiger partial charge in [-0.1, -0.05) is 52.4 Å². The predicted octanol–water partition coefficient (Wildman–Crippen LogP) is 5.55. The molecule has 0 bridgehead atoms. The zero-order valence-corrected chi connectivity index (χ0v) is 20.3. The van der Waals surface area contributed by atoms with Gasteiger partial charge in [0.1, 0.15) is 6.61 Å². The number of hydrogen-bond donors (Lipinski definition) is 1. The first-order valence-electron chi connectivity index (χ1n) is 12.1. The van der Waals surface area contributed by atoms with Crippen LogP contribution in [-0.2, 0) is 23.8 Å². The lowest BCUT2D eigenvalue weighted by atomic mass is 9.91. The van der Waals surface area contributed by atoms with Crippen molar-refractivity contribution in [1.29, 1.82) is 0 Å². The molecule has 0 atom stereocenters. The Kier molecular flexibility index (Phi) is 17.8. The average Bonchev–Trinajstić information content (AvgIpc) is 2.75. The largest absolute Gasteiger partial charge is 0.466 e. The topological polar surface area (TPSA) is 90.9 Å². The maximum Gasteiger partial charge on any atom is 0.407 e. The Balaban J connectivity index is 3.46. The van der Waals surface area contributed by atoms with E-state index in [1.807, 2.05) is 20.8 Å². The van der Waals surface area contributed by atoms with Gasteiger partial charge in [0.2, 0.25) is 0 Å². The molecule has 0 aliphatic carbocycles. The van der Waals surface area contributed by atoms with Crippen LogP contribution in [0.25, 0.3) is 0 Å². The lowest BCUT2D eigenvalue weighted by molar-refractivity contribution is -0.154. The Morgan fingerprint density at radius 3 is 1.94 bits per heavy atom. The van der Waals surface area contributed by atoms with Crippen LogP contribution in [-0.4, -0.2) is 44.4 Å². The smallest absolute Gasteiger partial charge is 0.407 e. The molecule has 0 saturated carbocycles. The molecule has 0 heterocycles. The van der Waals surface area contributed by atoms with Gasteiger partial charge in [-0.05, 0) is 46.0 Å². The summed E-state index contributed by atoms with van der Waals surface area (Å²) in [7, 11) is 0. The van der Waals surface area contributed by atoms with E-state index in [0.29, 0.717) is 32.5 Å². The molecule has 7 nitrogen and oxygen atoms in total. The van der Waals surface area contributed by atoms with Crippen molar-refractivity contribution < 1.29 is 28.6 Å². The first kappa shape index (κ1) is 29.2. The van der Waals surface area contributed by atoms with Gasteiger partial charge in [0.05, 0.1) is 25.2 Å². The second-order valence-corrected chi connectivity index (χ2v) is 8.59. The summed E-state index contributed by atoms with van der Waals surface area (Å²) in [6.45, 7) is 8.94. The maximum absolute atomic E-state index is 11.8. The third-order valence-electron chi connectivity index (χ3n) is 5.31. The molecular formula is C24H45NO6. The number of carbonyl (C=O) groups excluding carboxylic acids is 3. The molecule has 0 aliphatic heterocycles. The summed E-state index contributed by atoms with van der Waals surface area (Å²) in [5.41, 5.74) is -0.513. The van der Waals surface area contributed by atoms with E-state index in [1.165, 1.54) is 32.1 Å². The van der Waals surface area contributed by atoms with Crippen LogP contribution in [0.3, 0.4) is 0 Å². The van der Waals surface area contributed by atoms with E-state index in [9.17, 15) is 14.4 Å². The molecule has 0 aromatic rings. The van der Waals surface area contributed by atoms with Crippen molar-refractivity contribution in [2.75, 3.05) is 26.4 Å². The Hall–Kier alpha value is -1.79. The molecular weight excluding hydrogens is 398 g/mol. The van der Waals surface area contributed by atoms with Crippen LogP contribution >= 0.6 is 0 Å². The molecule has 0 spiro atoms. The molecule has 0 fully saturated rings. The monoisotopic (exact) mass is 443 g/mol. The van der Waals surface area contributed by atoms with Gasteiger partial charge in [-0.2, -0.15) is 0 Å². The van der Waals surface area contributed by atoms with Crippen LogP contribution in [0.15, 0.2) is 0 Å². The summed E-state index contributed by atoms with van der Waals surface area (Å²) in [5.74, 6) is -0.420. The van der Waals surface area contributed by atoms with Gasteiger partial charge in [0, 0.05) is 6.42 Å². The van der Waals surface area contributed by atoms with Crippen molar-refractivity contribution in [3.8, 4) is 0 Å². The van der Waals surface area contributed by atoms with Gasteiger partial charge in [-0.3, -0.25) is 9.59 Å². The summed E-state index contributed by atoms with van der Waals surface area (Å²) in [4.78, 5) is 35.1. The molecule has 31 heavy (non-hydrogen) atoms. The zero-order valence-electron chi connectivity index (χ0n) is 20.3. The first-order valence-corrected chi connectivity index (χ1v) is 12.1. The molecule has 1 amide bonds. The fraction of sp³-hybridized carbons (Fsp3) is 0.875. The van der Waals surface area contributed by atoms with Gasteiger partial charge in [0.25, 0.3) is 0 Å². The van der Waals surface area contributed by atoms with E-state index in [0.717, 1.165) is 25.7 Å². The van der Waals surface area contributed by atoms with E-state index in [2.05, 4.69) is 12.2 Å². The number of ether oxygens (including phenoxy) is 3. The molecule has 0 rings (SSSR count). The van der Waals surface area contributed by atoms with Crippen molar-refractivity contribution in [2.45, 2.75) is 105 Å². The molecule has 0 radical (unpaired) electrons. The summed E-state index contributed by atoms with van der Waals surface area (Å²) >= 11 is 0. The highest BCUT2D eigenvalue weighted by Gasteiger charge is 2.26. The Labute approximate surface area is 189 Å². The van der Waals surface area contributed by atoms with E-state index >= 15 is 0 Å². The number of amides is 1. The number of rotatable bonds is 19. The summed E-state index contributed by atoms with van der Waals surface area (Å²) in [6.07, 6.45) is 11.2. The molecule has 0 saturated heterocycles. The highest BCUT2D eigenvalue weighted by Crippen LogP contribution is 2.21. The molecule has 0 aromatic heterocycles. The highest BCUT2D eigenvalue weighted by atomic mass is 16.6. The highest BCUT2D eigenvalue weighted by molar-refractivity contribution is 5.75. The maximum atomic E-state index is 11.8. The van der Waals surface area contributed by atoms with Crippen molar-refractivity contribution in [3.63, 3.8) is 0 Å². The standard InChI is InChI=1S/C24H45NO6/c1-5-7-8-9-10-11-14-18-29-21(26)16-13-12-15-19-31-23(28)25-17-20-30-22(27)24(3,4)6-2/h5-20H2,1-4H3,(H,25,28). The second-order valence-electron chi connectivity index (χ2n) is 8.59. The number of hydrogen-bond acceptors (Lipinski definition) is 6. The van der Waals surface area contributed by atoms with Gasteiger partial charge in [-0.15, -0.1) is 0 Å². The molecule has 0 aromatic carbocycles. The van der Waals surface area contributed by atoms with Crippen LogP contribution in [0.2, 0.25) is 0 Å². The fourth-order valence-corrected chi connectivity index (χ4v) is 2.72. The molecule has 1 N–H and O–H groups in total. The van der Waals surface area contributed by atoms with Gasteiger partial charge >= 0.3 is 18.0 Å². The minimum atomic E-state index is -0.528. The quantitative estimate of drug-likeness (QED) is 0.160. The van der Waals surface area contributed by atoms with E-state index in [-0.39, 0.29) is 25.1 Å². The van der Waals surface area contributed by atoms with Gasteiger partial charge in [-0.25, -0.2) is 4.79 Å². The molecule has 7 heteroatoms. The fourth-order valence-electron chi connectivity index (χ4n) is 2.72. The number of unbranched alkanes of at least 4 members (excludes halogenated alkanes) is 8. The number of alkyl carbamates (subject to hydrolysis) is 1. The predicted molar refractivity (Wildman–Crippen MR) is 122 cm³/mol. The number of esters is 2. The van der Waals surface area contributed by atoms with Gasteiger partial charge in [0.15, 0.2) is 0 Å². The Bertz CT molecular complexity index is 492. The van der Waals surface area contributed by atoms with Crippen LogP contribution in [0.5, 0.6) is 0 Å². The Morgan fingerprint density at radius 2 is 1.29 bits per heavy atom. The van der Waals surface area contributed by atoms with E-state index in [1.54, 1.807) is 0 Å². The zero-order chi connectivity index (χ0) is 23.4. The van der Waals surface area contributed by atoms with E-state index < -0.39 is 11.5 Å². The summed E-state index contributed by atoms with van der Waals surface area (Å²) in [6, 6.07) is 0. The van der Waals surface area contributed by atoms with Crippen molar-refractivity contribution in [2.24, 2.45) is 5.41 Å². The average molecular weight is 444 g/mol. The minimum Gasteiger partial charge on any atom is -0.466 e. The third kappa shape index (κ3) is 17.6. The summed E-state index contributed by atoms with van der Waals surface area (Å²) < 4.78 is 15.4. The minimum absolute atomic E-state index is 0.123. The van der Waals surface area contributed by atoms with Crippen LogP contribution in [0.4, 0.5) is 4.79 Å². The van der Waals surface area contributed by atoms with Crippen molar-refractivity contribution in [3.05, 3.63) is 0 Å². The molecule has 182 valence electrons. The molecule has 0 aliphatic rings. The van der Waals surface area contributed by atoms with Gasteiger partial charge < -0.3 is 19.5 Å². The van der Waals surface area contributed by atoms with Crippen LogP contribution < -0.4 is 5.32 Å². The number of nitrogens with one attached hydrogen (secondary N) is 1. The number of carbonyl (C=O) groups is 3. The molecule has 0 unspecified atom stereocenters. The summed E-state index contributed by atoms with van der Waals surface area (Å²) in [5, 5.41) is 2.55. The lowest BCUT2D eigenvalue weighted by Crippen LogP contribution is -2.32. The van der Waals surface area contributed by atoms with Crippen LogP contribution in [0.1, 0.15) is 105 Å². The third-order valence-corrected chi connectivity index (χ3v) is 5.31. The normalized spacial score (nSPS) is 11.1. The van der Waals surface area contributed by atoms with E-state index in [4.69, 9.17) is 14.2 Å². The van der Waals surface area contributed by atoms with Crippen molar-refractivity contribution in [1.82, 2.24) is 5.32 Å². The first-order chi connectivity index (χ1) is 14.8. The lowest BCUT2D eigenvalue weighted by Gasteiger charge is -2.20. The SMILES string of the molecule is CCCCCCCCCOC(=O)CCCCCOC(=O)NCCOC(=O)C(C)(C)CC. The second kappa shape index (κ2) is 18.9. The Morgan fingerprint density at radius 1 is 0.710 bits per heavy atom. The van der Waals surface area contributed by atoms with Crippen molar-refractivity contribution >= 4 is 18.0 Å². The van der Waals surface area contributed by atoms with Crippen LogP contribution in [0, 0.1) is 5.41 Å².